The molecule has 0 radical (unpaired) electrons. The van der Waals surface area contributed by atoms with Gasteiger partial charge >= 0.3 is 0 Å². The summed E-state index contributed by atoms with van der Waals surface area (Å²) in [6.45, 7) is 9.31. The third-order valence-electron chi connectivity index (χ3n) is 2.75. The summed E-state index contributed by atoms with van der Waals surface area (Å²) in [5.74, 6) is 1.56. The van der Waals surface area contributed by atoms with E-state index in [9.17, 15) is 0 Å². The minimum Gasteiger partial charge on any atom is -0.493 e. The molecule has 0 aliphatic heterocycles. The topological polar surface area (TPSA) is 39.7 Å². The number of rotatable bonds is 11. The van der Waals surface area contributed by atoms with Crippen molar-refractivity contribution in [1.82, 2.24) is 5.32 Å². The highest BCUT2D eigenvalue weighted by molar-refractivity contribution is 5.42. The van der Waals surface area contributed by atoms with Gasteiger partial charge in [-0.1, -0.05) is 12.1 Å². The third kappa shape index (κ3) is 6.08. The van der Waals surface area contributed by atoms with Crippen LogP contribution in [0.1, 0.15) is 18.9 Å². The smallest absolute Gasteiger partial charge is 0.161 e. The molecule has 1 N–H and O–H groups in total. The Bertz CT molecular complexity index is 393. The Hall–Kier alpha value is -1.52. The largest absolute Gasteiger partial charge is 0.493 e. The van der Waals surface area contributed by atoms with Crippen molar-refractivity contribution in [2.75, 3.05) is 33.5 Å². The highest BCUT2D eigenvalue weighted by atomic mass is 16.5. The molecule has 112 valence electrons. The molecule has 0 aliphatic rings. The minimum absolute atomic E-state index is 0.629. The minimum atomic E-state index is 0.629. The van der Waals surface area contributed by atoms with Crippen molar-refractivity contribution >= 4 is 0 Å². The second kappa shape index (κ2) is 10.3. The van der Waals surface area contributed by atoms with Crippen molar-refractivity contribution in [3.63, 3.8) is 0 Å². The van der Waals surface area contributed by atoms with Crippen molar-refractivity contribution in [3.8, 4) is 11.5 Å². The number of ether oxygens (including phenoxy) is 3. The number of hydrogen-bond donors (Lipinski definition) is 1. The fraction of sp³-hybridized carbons (Fsp3) is 0.500. The van der Waals surface area contributed by atoms with Crippen LogP contribution >= 0.6 is 0 Å². The number of nitrogens with one attached hydrogen (secondary N) is 1. The molecule has 4 nitrogen and oxygen atoms in total. The second-order valence-electron chi connectivity index (χ2n) is 4.28. The average molecular weight is 279 g/mol. The van der Waals surface area contributed by atoms with Gasteiger partial charge in [-0.15, -0.1) is 6.58 Å². The molecule has 0 spiro atoms. The lowest BCUT2D eigenvalue weighted by atomic mass is 10.2. The standard InChI is InChI=1S/C16H25NO3/c1-4-6-10-19-11-9-17-13-14-7-8-15(18-3)16(12-14)20-5-2/h4,7-8,12,17H,1,5-6,9-11,13H2,2-3H3. The van der Waals surface area contributed by atoms with Gasteiger partial charge in [-0.05, 0) is 31.0 Å². The van der Waals surface area contributed by atoms with Crippen LogP contribution in [0.4, 0.5) is 0 Å². The van der Waals surface area contributed by atoms with Gasteiger partial charge in [-0.2, -0.15) is 0 Å². The van der Waals surface area contributed by atoms with E-state index in [1.807, 2.05) is 31.2 Å². The normalized spacial score (nSPS) is 10.3. The molecule has 0 bridgehead atoms. The molecule has 0 saturated heterocycles. The molecule has 0 saturated carbocycles. The van der Waals surface area contributed by atoms with Gasteiger partial charge in [0.05, 0.1) is 26.9 Å². The van der Waals surface area contributed by atoms with Crippen LogP contribution in [0.2, 0.25) is 0 Å². The Morgan fingerprint density at radius 1 is 1.25 bits per heavy atom. The molecule has 0 unspecified atom stereocenters. The van der Waals surface area contributed by atoms with Crippen molar-refractivity contribution in [2.24, 2.45) is 0 Å². The van der Waals surface area contributed by atoms with E-state index < -0.39 is 0 Å². The van der Waals surface area contributed by atoms with Crippen LogP contribution in [0, 0.1) is 0 Å². The molecule has 0 amide bonds. The lowest BCUT2D eigenvalue weighted by Crippen LogP contribution is -2.19. The first-order valence-electron chi connectivity index (χ1n) is 7.00. The Balaban J connectivity index is 2.32. The van der Waals surface area contributed by atoms with E-state index in [2.05, 4.69) is 11.9 Å². The highest BCUT2D eigenvalue weighted by Crippen LogP contribution is 2.27. The summed E-state index contributed by atoms with van der Waals surface area (Å²) in [5, 5.41) is 3.34. The lowest BCUT2D eigenvalue weighted by Gasteiger charge is -2.11. The van der Waals surface area contributed by atoms with Gasteiger partial charge in [0.25, 0.3) is 0 Å². The molecular formula is C16H25NO3. The van der Waals surface area contributed by atoms with Gasteiger partial charge in [0.2, 0.25) is 0 Å². The third-order valence-corrected chi connectivity index (χ3v) is 2.75. The van der Waals surface area contributed by atoms with Crippen LogP contribution in [0.5, 0.6) is 11.5 Å². The van der Waals surface area contributed by atoms with E-state index in [0.29, 0.717) is 13.2 Å². The Morgan fingerprint density at radius 2 is 2.10 bits per heavy atom. The summed E-state index contributed by atoms with van der Waals surface area (Å²) in [6.07, 6.45) is 2.76. The molecule has 0 fully saturated rings. The quantitative estimate of drug-likeness (QED) is 0.499. The first kappa shape index (κ1) is 16.5. The van der Waals surface area contributed by atoms with Crippen LogP contribution < -0.4 is 14.8 Å². The van der Waals surface area contributed by atoms with Crippen LogP contribution in [0.25, 0.3) is 0 Å². The molecule has 4 heteroatoms. The van der Waals surface area contributed by atoms with E-state index in [-0.39, 0.29) is 0 Å². The van der Waals surface area contributed by atoms with Gasteiger partial charge in [0, 0.05) is 13.1 Å². The number of hydrogen-bond acceptors (Lipinski definition) is 4. The number of benzene rings is 1. The van der Waals surface area contributed by atoms with Crippen molar-refractivity contribution in [2.45, 2.75) is 19.9 Å². The first-order valence-corrected chi connectivity index (χ1v) is 7.00. The maximum absolute atomic E-state index is 5.55. The predicted octanol–water partition coefficient (Wildman–Crippen LogP) is 2.78. The van der Waals surface area contributed by atoms with E-state index in [4.69, 9.17) is 14.2 Å². The maximum Gasteiger partial charge on any atom is 0.161 e. The zero-order valence-electron chi connectivity index (χ0n) is 12.5. The molecule has 0 atom stereocenters. The summed E-state index contributed by atoms with van der Waals surface area (Å²) < 4.78 is 16.2. The Kier molecular flexibility index (Phi) is 8.51. The summed E-state index contributed by atoms with van der Waals surface area (Å²) >= 11 is 0. The SMILES string of the molecule is C=CCCOCCNCc1ccc(OC)c(OCC)c1. The Labute approximate surface area is 121 Å². The summed E-state index contributed by atoms with van der Waals surface area (Å²) in [7, 11) is 1.65. The first-order chi connectivity index (χ1) is 9.81. The molecule has 1 aromatic rings. The van der Waals surface area contributed by atoms with Crippen LogP contribution in [0.3, 0.4) is 0 Å². The summed E-state index contributed by atoms with van der Waals surface area (Å²) in [5.41, 5.74) is 1.17. The average Bonchev–Trinajstić information content (AvgIpc) is 2.47. The number of methoxy groups -OCH3 is 1. The molecule has 0 heterocycles. The van der Waals surface area contributed by atoms with Crippen LogP contribution in [-0.4, -0.2) is 33.5 Å². The molecular weight excluding hydrogens is 254 g/mol. The van der Waals surface area contributed by atoms with Gasteiger partial charge in [-0.25, -0.2) is 0 Å². The van der Waals surface area contributed by atoms with Gasteiger partial charge in [0.15, 0.2) is 11.5 Å². The van der Waals surface area contributed by atoms with Crippen LogP contribution in [-0.2, 0) is 11.3 Å². The van der Waals surface area contributed by atoms with E-state index in [1.54, 1.807) is 7.11 Å². The highest BCUT2D eigenvalue weighted by Gasteiger charge is 2.04. The van der Waals surface area contributed by atoms with Gasteiger partial charge < -0.3 is 19.5 Å². The maximum atomic E-state index is 5.55. The fourth-order valence-corrected chi connectivity index (χ4v) is 1.75. The lowest BCUT2D eigenvalue weighted by molar-refractivity contribution is 0.140. The molecule has 20 heavy (non-hydrogen) atoms. The second-order valence-corrected chi connectivity index (χ2v) is 4.28. The molecule has 1 aromatic carbocycles. The zero-order valence-corrected chi connectivity index (χ0v) is 12.5. The molecule has 0 aromatic heterocycles. The van der Waals surface area contributed by atoms with E-state index in [1.165, 1.54) is 5.56 Å². The molecule has 0 aliphatic carbocycles. The summed E-state index contributed by atoms with van der Waals surface area (Å²) in [6, 6.07) is 5.98. The monoisotopic (exact) mass is 279 g/mol. The van der Waals surface area contributed by atoms with E-state index in [0.717, 1.165) is 37.6 Å². The van der Waals surface area contributed by atoms with Gasteiger partial charge in [0.1, 0.15) is 0 Å². The van der Waals surface area contributed by atoms with Gasteiger partial charge in [-0.3, -0.25) is 0 Å². The molecule has 1 rings (SSSR count). The van der Waals surface area contributed by atoms with E-state index >= 15 is 0 Å². The predicted molar refractivity (Wildman–Crippen MR) is 81.5 cm³/mol. The van der Waals surface area contributed by atoms with Crippen molar-refractivity contribution in [3.05, 3.63) is 36.4 Å². The Morgan fingerprint density at radius 3 is 2.80 bits per heavy atom. The fourth-order valence-electron chi connectivity index (χ4n) is 1.75. The van der Waals surface area contributed by atoms with Crippen LogP contribution in [0.15, 0.2) is 30.9 Å². The van der Waals surface area contributed by atoms with Crippen molar-refractivity contribution in [1.29, 1.82) is 0 Å². The zero-order chi connectivity index (χ0) is 14.6. The van der Waals surface area contributed by atoms with Crippen molar-refractivity contribution < 1.29 is 14.2 Å². The summed E-state index contributed by atoms with van der Waals surface area (Å²) in [4.78, 5) is 0.